The van der Waals surface area contributed by atoms with Gasteiger partial charge in [-0.05, 0) is 60.7 Å². The molecule has 0 amide bonds. The molecule has 9 rings (SSSR count). The van der Waals surface area contributed by atoms with Gasteiger partial charge in [0.05, 0.1) is 56.2 Å². The van der Waals surface area contributed by atoms with Crippen LogP contribution in [0, 0.1) is 0 Å². The van der Waals surface area contributed by atoms with Crippen molar-refractivity contribution in [3.05, 3.63) is 152 Å². The quantitative estimate of drug-likeness (QED) is 0.192. The van der Waals surface area contributed by atoms with Gasteiger partial charge in [-0.3, -0.25) is 0 Å². The van der Waals surface area contributed by atoms with E-state index >= 15 is 0 Å². The highest BCUT2D eigenvalue weighted by atomic mass is 14.8. The Labute approximate surface area is 264 Å². The summed E-state index contributed by atoms with van der Waals surface area (Å²) in [4.78, 5) is 25.2. The van der Waals surface area contributed by atoms with Crippen molar-refractivity contribution in [2.75, 3.05) is 0 Å². The fourth-order valence-electron chi connectivity index (χ4n) is 6.38. The standard InChI is InChI=1S/C41H25N5/c1-5-16-30-26(12-1)40(27-13-2-6-17-31(27)42-30)38-24-10-22-36(45-38)34-20-9-21-35(44-34)37-23-11-25-39(46-37)41-28-14-3-7-18-32(28)43-33-19-8-4-15-29(33)41/h1-25H. The number of nitrogens with zero attached hydrogens (tertiary/aromatic N) is 5. The predicted molar refractivity (Wildman–Crippen MR) is 187 cm³/mol. The van der Waals surface area contributed by atoms with Crippen LogP contribution in [0.4, 0.5) is 0 Å². The first-order valence-corrected chi connectivity index (χ1v) is 15.3. The third-order valence-electron chi connectivity index (χ3n) is 8.46. The van der Waals surface area contributed by atoms with Gasteiger partial charge in [-0.1, -0.05) is 91.0 Å². The number of para-hydroxylation sites is 4. The number of hydrogen-bond acceptors (Lipinski definition) is 5. The average molecular weight is 588 g/mol. The molecular formula is C41H25N5. The number of rotatable bonds is 4. The topological polar surface area (TPSA) is 64.5 Å². The fraction of sp³-hybridized carbons (Fsp3) is 0. The Morgan fingerprint density at radius 2 is 0.478 bits per heavy atom. The summed E-state index contributed by atoms with van der Waals surface area (Å²) in [6, 6.07) is 51.3. The second kappa shape index (κ2) is 10.7. The second-order valence-electron chi connectivity index (χ2n) is 11.3. The Morgan fingerprint density at radius 3 is 0.804 bits per heavy atom. The molecule has 5 heteroatoms. The van der Waals surface area contributed by atoms with Crippen LogP contribution in [0.2, 0.25) is 0 Å². The minimum atomic E-state index is 0.786. The second-order valence-corrected chi connectivity index (χ2v) is 11.3. The van der Waals surface area contributed by atoms with E-state index in [2.05, 4.69) is 97.1 Å². The predicted octanol–water partition coefficient (Wildman–Crippen LogP) is 9.94. The van der Waals surface area contributed by atoms with Crippen LogP contribution < -0.4 is 0 Å². The van der Waals surface area contributed by atoms with Gasteiger partial charge >= 0.3 is 0 Å². The molecule has 0 aliphatic rings. The van der Waals surface area contributed by atoms with Crippen LogP contribution in [-0.4, -0.2) is 24.9 Å². The zero-order chi connectivity index (χ0) is 30.5. The Balaban J connectivity index is 1.16. The smallest absolute Gasteiger partial charge is 0.0894 e. The van der Waals surface area contributed by atoms with Crippen LogP contribution >= 0.6 is 0 Å². The Kier molecular flexibility index (Phi) is 6.06. The van der Waals surface area contributed by atoms with Gasteiger partial charge in [0.25, 0.3) is 0 Å². The summed E-state index contributed by atoms with van der Waals surface area (Å²) in [5, 5.41) is 4.30. The SMILES string of the molecule is c1cc(-c2cccc(-c3c4ccccc4nc4ccccc34)n2)nc(-c2cccc(-c3c4ccccc4nc4ccccc34)n2)c1. The molecule has 5 heterocycles. The van der Waals surface area contributed by atoms with Crippen molar-refractivity contribution in [3.63, 3.8) is 0 Å². The van der Waals surface area contributed by atoms with Crippen LogP contribution in [0.25, 0.3) is 88.9 Å². The summed E-state index contributed by atoms with van der Waals surface area (Å²) in [5.41, 5.74) is 10.9. The monoisotopic (exact) mass is 587 g/mol. The lowest BCUT2D eigenvalue weighted by atomic mass is 9.99. The molecule has 0 aliphatic carbocycles. The van der Waals surface area contributed by atoms with Crippen LogP contribution in [-0.2, 0) is 0 Å². The van der Waals surface area contributed by atoms with Gasteiger partial charge in [-0.2, -0.15) is 0 Å². The van der Waals surface area contributed by atoms with Gasteiger partial charge in [0.1, 0.15) is 0 Å². The maximum atomic E-state index is 5.16. The third kappa shape index (κ3) is 4.37. The fourth-order valence-corrected chi connectivity index (χ4v) is 6.38. The molecular weight excluding hydrogens is 562 g/mol. The molecule has 9 aromatic rings. The lowest BCUT2D eigenvalue weighted by Crippen LogP contribution is -1.96. The number of benzene rings is 4. The maximum absolute atomic E-state index is 5.16. The highest BCUT2D eigenvalue weighted by Gasteiger charge is 2.16. The Hall–Kier alpha value is -6.33. The lowest BCUT2D eigenvalue weighted by molar-refractivity contribution is 1.22. The summed E-state index contributed by atoms with van der Waals surface area (Å²) in [6.07, 6.45) is 0. The minimum Gasteiger partial charge on any atom is -0.248 e. The maximum Gasteiger partial charge on any atom is 0.0894 e. The molecule has 0 N–H and O–H groups in total. The van der Waals surface area contributed by atoms with Crippen LogP contribution in [0.1, 0.15) is 0 Å². The van der Waals surface area contributed by atoms with Crippen LogP contribution in [0.5, 0.6) is 0 Å². The van der Waals surface area contributed by atoms with Gasteiger partial charge < -0.3 is 0 Å². The summed E-state index contributed by atoms with van der Waals surface area (Å²) < 4.78 is 0. The first-order valence-electron chi connectivity index (χ1n) is 15.3. The van der Waals surface area contributed by atoms with Gasteiger partial charge in [0.2, 0.25) is 0 Å². The third-order valence-corrected chi connectivity index (χ3v) is 8.46. The van der Waals surface area contributed by atoms with E-state index < -0.39 is 0 Å². The average Bonchev–Trinajstić information content (AvgIpc) is 3.13. The number of hydrogen-bond donors (Lipinski definition) is 0. The molecule has 0 atom stereocenters. The highest BCUT2D eigenvalue weighted by Crippen LogP contribution is 2.36. The van der Waals surface area contributed by atoms with E-state index in [0.29, 0.717) is 0 Å². The summed E-state index contributed by atoms with van der Waals surface area (Å²) in [7, 11) is 0. The van der Waals surface area contributed by atoms with E-state index in [1.165, 1.54) is 0 Å². The van der Waals surface area contributed by atoms with E-state index in [1.807, 2.05) is 54.6 Å². The summed E-state index contributed by atoms with van der Waals surface area (Å²) in [6.45, 7) is 0. The van der Waals surface area contributed by atoms with Crippen LogP contribution in [0.15, 0.2) is 152 Å². The van der Waals surface area contributed by atoms with E-state index in [4.69, 9.17) is 24.9 Å². The molecule has 0 bridgehead atoms. The van der Waals surface area contributed by atoms with Crippen molar-refractivity contribution < 1.29 is 0 Å². The molecule has 214 valence electrons. The largest absolute Gasteiger partial charge is 0.248 e. The van der Waals surface area contributed by atoms with E-state index in [1.54, 1.807) is 0 Å². The zero-order valence-corrected chi connectivity index (χ0v) is 24.7. The molecule has 0 radical (unpaired) electrons. The van der Waals surface area contributed by atoms with Gasteiger partial charge in [-0.15, -0.1) is 0 Å². The first kappa shape index (κ1) is 26.1. The van der Waals surface area contributed by atoms with Gasteiger partial charge in [-0.25, -0.2) is 24.9 Å². The summed E-state index contributed by atoms with van der Waals surface area (Å²) in [5.74, 6) is 0. The Morgan fingerprint density at radius 1 is 0.217 bits per heavy atom. The minimum absolute atomic E-state index is 0.786. The number of pyridine rings is 5. The van der Waals surface area contributed by atoms with Crippen molar-refractivity contribution in [1.29, 1.82) is 0 Å². The molecule has 4 aromatic carbocycles. The number of aromatic nitrogens is 5. The van der Waals surface area contributed by atoms with E-state index in [-0.39, 0.29) is 0 Å². The Bertz CT molecular complexity index is 2320. The summed E-state index contributed by atoms with van der Waals surface area (Å²) >= 11 is 0. The molecule has 5 nitrogen and oxygen atoms in total. The molecule has 0 aliphatic heterocycles. The van der Waals surface area contributed by atoms with E-state index in [0.717, 1.165) is 88.9 Å². The zero-order valence-electron chi connectivity index (χ0n) is 24.7. The molecule has 0 saturated heterocycles. The molecule has 46 heavy (non-hydrogen) atoms. The van der Waals surface area contributed by atoms with Gasteiger partial charge in [0.15, 0.2) is 0 Å². The van der Waals surface area contributed by atoms with Crippen molar-refractivity contribution in [2.24, 2.45) is 0 Å². The molecule has 5 aromatic heterocycles. The van der Waals surface area contributed by atoms with E-state index in [9.17, 15) is 0 Å². The highest BCUT2D eigenvalue weighted by molar-refractivity contribution is 6.10. The van der Waals surface area contributed by atoms with Crippen molar-refractivity contribution in [2.45, 2.75) is 0 Å². The lowest BCUT2D eigenvalue weighted by Gasteiger charge is -2.12. The molecule has 0 fully saturated rings. The first-order chi connectivity index (χ1) is 22.8. The van der Waals surface area contributed by atoms with Crippen LogP contribution in [0.3, 0.4) is 0 Å². The van der Waals surface area contributed by atoms with Crippen molar-refractivity contribution in [1.82, 2.24) is 24.9 Å². The van der Waals surface area contributed by atoms with Gasteiger partial charge in [0, 0.05) is 32.7 Å². The number of fused-ring (bicyclic) bond motifs is 4. The molecule has 0 spiro atoms. The molecule has 0 saturated carbocycles. The normalized spacial score (nSPS) is 11.5. The van der Waals surface area contributed by atoms with Crippen molar-refractivity contribution in [3.8, 4) is 45.3 Å². The molecule has 0 unspecified atom stereocenters. The van der Waals surface area contributed by atoms with Crippen molar-refractivity contribution >= 4 is 43.6 Å².